The summed E-state index contributed by atoms with van der Waals surface area (Å²) in [4.78, 5) is 25.8. The summed E-state index contributed by atoms with van der Waals surface area (Å²) in [6, 6.07) is 25.4. The fourth-order valence-corrected chi connectivity index (χ4v) is 3.90. The Balaban J connectivity index is 1.47. The van der Waals surface area contributed by atoms with E-state index in [0.717, 1.165) is 10.5 Å². The van der Waals surface area contributed by atoms with Crippen LogP contribution in [0.15, 0.2) is 99.6 Å². The monoisotopic (exact) mass is 461 g/mol. The number of nitrogens with zero attached hydrogens (tertiary/aromatic N) is 2. The number of nitrogens with one attached hydrogen (secondary N) is 1. The van der Waals surface area contributed by atoms with Crippen LogP contribution in [0.5, 0.6) is 0 Å². The van der Waals surface area contributed by atoms with Gasteiger partial charge in [0.15, 0.2) is 0 Å². The van der Waals surface area contributed by atoms with Crippen LogP contribution in [0.3, 0.4) is 0 Å². The lowest BCUT2D eigenvalue weighted by Gasteiger charge is -2.09. The molecule has 0 saturated carbocycles. The van der Waals surface area contributed by atoms with E-state index in [1.165, 1.54) is 28.1 Å². The topological polar surface area (TPSA) is 64.0 Å². The summed E-state index contributed by atoms with van der Waals surface area (Å²) in [7, 11) is 0. The molecule has 160 valence electrons. The van der Waals surface area contributed by atoms with Gasteiger partial charge in [-0.15, -0.1) is 0 Å². The second-order valence-corrected chi connectivity index (χ2v) is 8.72. The first-order valence-electron chi connectivity index (χ1n) is 9.96. The molecule has 0 aliphatic heterocycles. The van der Waals surface area contributed by atoms with E-state index in [2.05, 4.69) is 10.4 Å². The molecule has 0 radical (unpaired) electrons. The maximum absolute atomic E-state index is 12.5. The highest BCUT2D eigenvalue weighted by atomic mass is 35.5. The van der Waals surface area contributed by atoms with Crippen molar-refractivity contribution in [3.05, 3.63) is 117 Å². The van der Waals surface area contributed by atoms with Gasteiger partial charge in [0.05, 0.1) is 5.69 Å². The Morgan fingerprint density at radius 1 is 0.938 bits per heavy atom. The van der Waals surface area contributed by atoms with Gasteiger partial charge < -0.3 is 5.32 Å². The van der Waals surface area contributed by atoms with Gasteiger partial charge in [-0.3, -0.25) is 9.59 Å². The molecule has 3 aromatic carbocycles. The van der Waals surface area contributed by atoms with Crippen molar-refractivity contribution in [2.45, 2.75) is 23.4 Å². The predicted molar refractivity (Wildman–Crippen MR) is 128 cm³/mol. The lowest BCUT2D eigenvalue weighted by Crippen LogP contribution is -2.23. The van der Waals surface area contributed by atoms with Gasteiger partial charge in [0.2, 0.25) is 0 Å². The van der Waals surface area contributed by atoms with Crippen molar-refractivity contribution in [1.82, 2.24) is 15.1 Å². The average Bonchev–Trinajstić information content (AvgIpc) is 2.81. The van der Waals surface area contributed by atoms with Crippen LogP contribution in [0.25, 0.3) is 5.69 Å². The van der Waals surface area contributed by atoms with Crippen LogP contribution in [0.2, 0.25) is 5.02 Å². The van der Waals surface area contributed by atoms with Gasteiger partial charge in [-0.05, 0) is 67.1 Å². The van der Waals surface area contributed by atoms with Gasteiger partial charge in [0.25, 0.3) is 11.5 Å². The third-order valence-electron chi connectivity index (χ3n) is 4.76. The molecule has 4 aromatic rings. The van der Waals surface area contributed by atoms with Crippen molar-refractivity contribution in [2.75, 3.05) is 0 Å². The summed E-state index contributed by atoms with van der Waals surface area (Å²) in [5.74, 6) is -0.176. The van der Waals surface area contributed by atoms with E-state index in [0.29, 0.717) is 27.8 Å². The number of carbonyl (C=O) groups excluding carboxylic acids is 1. The number of aromatic nitrogens is 2. The van der Waals surface area contributed by atoms with Gasteiger partial charge in [-0.2, -0.15) is 9.78 Å². The number of benzene rings is 3. The van der Waals surface area contributed by atoms with Crippen molar-refractivity contribution < 1.29 is 4.79 Å². The number of amides is 1. The van der Waals surface area contributed by atoms with Gasteiger partial charge >= 0.3 is 0 Å². The highest BCUT2D eigenvalue weighted by Gasteiger charge is 2.09. The molecule has 7 heteroatoms. The van der Waals surface area contributed by atoms with Gasteiger partial charge in [0.1, 0.15) is 5.03 Å². The molecule has 1 heterocycles. The second-order valence-electron chi connectivity index (χ2n) is 7.19. The first-order chi connectivity index (χ1) is 15.5. The SMILES string of the molecule is Cc1ccc(CNC(=O)c2ccc(-n3nc(Sc4ccc(Cl)cc4)ccc3=O)cc2)cc1. The molecule has 1 N–H and O–H groups in total. The third kappa shape index (κ3) is 5.46. The molecule has 0 bridgehead atoms. The Kier molecular flexibility index (Phi) is 6.73. The molecule has 0 atom stereocenters. The van der Waals surface area contributed by atoms with Crippen molar-refractivity contribution >= 4 is 29.3 Å². The van der Waals surface area contributed by atoms with E-state index in [1.807, 2.05) is 55.5 Å². The quantitative estimate of drug-likeness (QED) is 0.424. The van der Waals surface area contributed by atoms with Crippen molar-refractivity contribution in [2.24, 2.45) is 0 Å². The Morgan fingerprint density at radius 3 is 2.31 bits per heavy atom. The summed E-state index contributed by atoms with van der Waals surface area (Å²) in [6.45, 7) is 2.47. The minimum absolute atomic E-state index is 0.176. The standard InChI is InChI=1S/C25H20ClN3O2S/c1-17-2-4-18(5-3-17)16-27-25(31)19-6-10-21(11-7-19)29-24(30)15-14-23(28-29)32-22-12-8-20(26)9-13-22/h2-15H,16H2,1H3,(H,27,31). The van der Waals surface area contributed by atoms with E-state index in [9.17, 15) is 9.59 Å². The van der Waals surface area contributed by atoms with Crippen LogP contribution in [-0.2, 0) is 6.54 Å². The maximum Gasteiger partial charge on any atom is 0.271 e. The first kappa shape index (κ1) is 21.9. The van der Waals surface area contributed by atoms with Crippen LogP contribution >= 0.6 is 23.4 Å². The maximum atomic E-state index is 12.5. The van der Waals surface area contributed by atoms with E-state index in [1.54, 1.807) is 30.3 Å². The first-order valence-corrected chi connectivity index (χ1v) is 11.2. The summed E-state index contributed by atoms with van der Waals surface area (Å²) in [5, 5.41) is 8.70. The fraction of sp³-hybridized carbons (Fsp3) is 0.0800. The molecule has 0 aliphatic rings. The second kappa shape index (κ2) is 9.85. The zero-order valence-corrected chi connectivity index (χ0v) is 18.9. The molecule has 0 unspecified atom stereocenters. The van der Waals surface area contributed by atoms with Crippen LogP contribution in [0, 0.1) is 6.92 Å². The minimum Gasteiger partial charge on any atom is -0.348 e. The highest BCUT2D eigenvalue weighted by molar-refractivity contribution is 7.99. The van der Waals surface area contributed by atoms with Crippen LogP contribution in [0.4, 0.5) is 0 Å². The Labute approximate surface area is 195 Å². The number of hydrogen-bond donors (Lipinski definition) is 1. The average molecular weight is 462 g/mol. The molecule has 0 spiro atoms. The molecular weight excluding hydrogens is 442 g/mol. The van der Waals surface area contributed by atoms with E-state index in [4.69, 9.17) is 11.6 Å². The number of halogens is 1. The molecule has 32 heavy (non-hydrogen) atoms. The number of aryl methyl sites for hydroxylation is 1. The van der Waals surface area contributed by atoms with Crippen LogP contribution < -0.4 is 10.9 Å². The van der Waals surface area contributed by atoms with Crippen molar-refractivity contribution in [3.8, 4) is 5.69 Å². The Bertz CT molecular complexity index is 1280. The normalized spacial score (nSPS) is 10.7. The van der Waals surface area contributed by atoms with Gasteiger partial charge in [-0.25, -0.2) is 0 Å². The molecule has 1 amide bonds. The molecule has 5 nitrogen and oxygen atoms in total. The number of rotatable bonds is 6. The van der Waals surface area contributed by atoms with Crippen molar-refractivity contribution in [3.63, 3.8) is 0 Å². The van der Waals surface area contributed by atoms with E-state index >= 15 is 0 Å². The molecule has 0 aliphatic carbocycles. The summed E-state index contributed by atoms with van der Waals surface area (Å²) < 4.78 is 1.33. The molecule has 1 aromatic heterocycles. The third-order valence-corrected chi connectivity index (χ3v) is 5.95. The predicted octanol–water partition coefficient (Wildman–Crippen LogP) is 5.28. The van der Waals surface area contributed by atoms with Crippen LogP contribution in [0.1, 0.15) is 21.5 Å². The Morgan fingerprint density at radius 2 is 1.62 bits per heavy atom. The lowest BCUT2D eigenvalue weighted by molar-refractivity contribution is 0.0951. The highest BCUT2D eigenvalue weighted by Crippen LogP contribution is 2.26. The summed E-state index contributed by atoms with van der Waals surface area (Å²) in [6.07, 6.45) is 0. The number of hydrogen-bond acceptors (Lipinski definition) is 4. The largest absolute Gasteiger partial charge is 0.348 e. The van der Waals surface area contributed by atoms with Gasteiger partial charge in [-0.1, -0.05) is 53.2 Å². The minimum atomic E-state index is -0.248. The molecule has 0 saturated heterocycles. The Hall–Kier alpha value is -3.35. The smallest absolute Gasteiger partial charge is 0.271 e. The fourth-order valence-electron chi connectivity index (χ4n) is 3.00. The lowest BCUT2D eigenvalue weighted by atomic mass is 10.1. The molecular formula is C25H20ClN3O2S. The number of carbonyl (C=O) groups is 1. The molecule has 0 fully saturated rings. The van der Waals surface area contributed by atoms with E-state index in [-0.39, 0.29) is 11.5 Å². The zero-order chi connectivity index (χ0) is 22.5. The van der Waals surface area contributed by atoms with Crippen LogP contribution in [-0.4, -0.2) is 15.7 Å². The van der Waals surface area contributed by atoms with E-state index < -0.39 is 0 Å². The summed E-state index contributed by atoms with van der Waals surface area (Å²) in [5.41, 5.74) is 3.06. The molecule has 4 rings (SSSR count). The van der Waals surface area contributed by atoms with Gasteiger partial charge in [0, 0.05) is 28.1 Å². The van der Waals surface area contributed by atoms with Crippen molar-refractivity contribution in [1.29, 1.82) is 0 Å². The summed E-state index contributed by atoms with van der Waals surface area (Å²) >= 11 is 7.37. The zero-order valence-electron chi connectivity index (χ0n) is 17.3.